The minimum absolute atomic E-state index is 0.0202. The molecule has 33 heavy (non-hydrogen) atoms. The van der Waals surface area contributed by atoms with Crippen LogP contribution in [0, 0.1) is 6.92 Å². The number of halogens is 1. The number of benzene rings is 1. The van der Waals surface area contributed by atoms with Gasteiger partial charge in [-0.05, 0) is 31.5 Å². The number of ether oxygens (including phenoxy) is 1. The second-order valence-electron chi connectivity index (χ2n) is 7.66. The maximum absolute atomic E-state index is 10.7. The number of carboxylic acids is 1. The zero-order chi connectivity index (χ0) is 24.6. The van der Waals surface area contributed by atoms with E-state index in [0.717, 1.165) is 11.3 Å². The number of fused-ring (bicyclic) bond motifs is 1. The molecule has 0 aliphatic carbocycles. The molecule has 0 fully saturated rings. The van der Waals surface area contributed by atoms with Crippen LogP contribution < -0.4 is 10.5 Å². The van der Waals surface area contributed by atoms with E-state index < -0.39 is 31.3 Å². The monoisotopic (exact) mass is 481 g/mol. The van der Waals surface area contributed by atoms with Crippen LogP contribution in [0.5, 0.6) is 5.75 Å². The molecule has 0 spiro atoms. The van der Waals surface area contributed by atoms with E-state index in [9.17, 15) is 4.79 Å². The largest absolute Gasteiger partial charge is 0.483 e. The molecule has 1 aromatic carbocycles. The van der Waals surface area contributed by atoms with Crippen molar-refractivity contribution in [1.82, 2.24) is 10.1 Å². The number of carboxylic acid groups (broad SMARTS) is 1. The van der Waals surface area contributed by atoms with E-state index in [-0.39, 0.29) is 18.9 Å². The van der Waals surface area contributed by atoms with Gasteiger partial charge in [0.25, 0.3) is 0 Å². The zero-order valence-electron chi connectivity index (χ0n) is 18.4. The SMILES string of the molecule is Cc1ccc([C@H](C)Oc2cc3onc(CCC(=O)O)c3cc2Cl)nc1.NC(CO)(CO)CO. The number of nitrogens with two attached hydrogens (primary N) is 1. The van der Waals surface area contributed by atoms with Crippen LogP contribution in [-0.4, -0.2) is 61.9 Å². The van der Waals surface area contributed by atoms with Crippen molar-refractivity contribution >= 4 is 28.5 Å². The first-order valence-corrected chi connectivity index (χ1v) is 10.5. The molecule has 0 saturated carbocycles. The van der Waals surface area contributed by atoms with Crippen LogP contribution in [0.15, 0.2) is 35.0 Å². The lowest BCUT2D eigenvalue weighted by atomic mass is 10.1. The summed E-state index contributed by atoms with van der Waals surface area (Å²) in [6.07, 6.45) is 1.76. The maximum atomic E-state index is 10.7. The van der Waals surface area contributed by atoms with Crippen molar-refractivity contribution in [2.75, 3.05) is 19.8 Å². The molecule has 6 N–H and O–H groups in total. The molecular weight excluding hydrogens is 454 g/mol. The molecule has 0 saturated heterocycles. The molecule has 0 aliphatic rings. The first-order chi connectivity index (χ1) is 15.6. The Morgan fingerprint density at radius 1 is 1.24 bits per heavy atom. The predicted molar refractivity (Wildman–Crippen MR) is 121 cm³/mol. The van der Waals surface area contributed by atoms with Crippen LogP contribution in [0.25, 0.3) is 11.0 Å². The van der Waals surface area contributed by atoms with Crippen molar-refractivity contribution in [3.05, 3.63) is 52.4 Å². The van der Waals surface area contributed by atoms with Crippen molar-refractivity contribution < 1.29 is 34.5 Å². The quantitative estimate of drug-likeness (QED) is 0.304. The van der Waals surface area contributed by atoms with Gasteiger partial charge >= 0.3 is 5.97 Å². The van der Waals surface area contributed by atoms with Gasteiger partial charge in [-0.3, -0.25) is 9.78 Å². The van der Waals surface area contributed by atoms with E-state index in [0.29, 0.717) is 27.4 Å². The Balaban J connectivity index is 0.000000414. The fourth-order valence-corrected chi connectivity index (χ4v) is 2.81. The van der Waals surface area contributed by atoms with Gasteiger partial charge in [-0.1, -0.05) is 22.8 Å². The Bertz CT molecular complexity index is 1040. The Kier molecular flexibility index (Phi) is 9.56. The lowest BCUT2D eigenvalue weighted by Crippen LogP contribution is -2.50. The average molecular weight is 482 g/mol. The minimum atomic E-state index is -1.21. The molecule has 2 aromatic heterocycles. The summed E-state index contributed by atoms with van der Waals surface area (Å²) in [4.78, 5) is 15.1. The van der Waals surface area contributed by atoms with Crippen LogP contribution in [0.2, 0.25) is 5.02 Å². The molecule has 10 nitrogen and oxygen atoms in total. The number of hydrogen-bond acceptors (Lipinski definition) is 9. The number of aryl methyl sites for hydroxylation is 2. The number of aliphatic carboxylic acids is 1. The molecule has 1 atom stereocenters. The van der Waals surface area contributed by atoms with Gasteiger partial charge in [0.05, 0.1) is 48.2 Å². The lowest BCUT2D eigenvalue weighted by Gasteiger charge is -2.20. The van der Waals surface area contributed by atoms with E-state index in [2.05, 4.69) is 10.1 Å². The topological polar surface area (TPSA) is 172 Å². The molecule has 0 amide bonds. The van der Waals surface area contributed by atoms with E-state index >= 15 is 0 Å². The van der Waals surface area contributed by atoms with E-state index in [1.165, 1.54) is 0 Å². The number of hydrogen-bond donors (Lipinski definition) is 5. The van der Waals surface area contributed by atoms with Gasteiger partial charge in [-0.15, -0.1) is 0 Å². The highest BCUT2D eigenvalue weighted by Gasteiger charge is 2.21. The first-order valence-electron chi connectivity index (χ1n) is 10.1. The third kappa shape index (κ3) is 7.37. The molecule has 0 unspecified atom stereocenters. The second-order valence-corrected chi connectivity index (χ2v) is 8.07. The highest BCUT2D eigenvalue weighted by atomic mass is 35.5. The molecule has 3 aromatic rings. The fourth-order valence-electron chi connectivity index (χ4n) is 2.61. The molecule has 2 heterocycles. The molecule has 0 aliphatic heterocycles. The lowest BCUT2D eigenvalue weighted by molar-refractivity contribution is -0.136. The number of aromatic nitrogens is 2. The van der Waals surface area contributed by atoms with E-state index in [1.807, 2.05) is 26.0 Å². The van der Waals surface area contributed by atoms with Crippen molar-refractivity contribution in [2.24, 2.45) is 5.73 Å². The third-order valence-corrected chi connectivity index (χ3v) is 5.07. The number of aliphatic hydroxyl groups is 3. The Morgan fingerprint density at radius 2 is 1.91 bits per heavy atom. The van der Waals surface area contributed by atoms with Gasteiger partial charge in [-0.2, -0.15) is 0 Å². The van der Waals surface area contributed by atoms with Crippen molar-refractivity contribution in [2.45, 2.75) is 38.3 Å². The van der Waals surface area contributed by atoms with E-state index in [4.69, 9.17) is 47.0 Å². The standard InChI is InChI=1S/C18H17ClN2O4.C4H11NO3/c1-10-3-4-14(20-9-10)11(2)24-17-8-16-12(7-13(17)19)15(21-25-16)5-6-18(22)23;5-4(1-6,2-7)3-8/h3-4,7-9,11H,5-6H2,1-2H3,(H,22,23);6-8H,1-3,5H2/t11-;/m0./s1. The third-order valence-electron chi connectivity index (χ3n) is 4.77. The van der Waals surface area contributed by atoms with Gasteiger partial charge in [0, 0.05) is 24.1 Å². The fraction of sp³-hybridized carbons (Fsp3) is 0.409. The van der Waals surface area contributed by atoms with Gasteiger partial charge in [0.1, 0.15) is 11.9 Å². The maximum Gasteiger partial charge on any atom is 0.303 e. The van der Waals surface area contributed by atoms with Crippen molar-refractivity contribution in [3.8, 4) is 5.75 Å². The van der Waals surface area contributed by atoms with Gasteiger partial charge in [-0.25, -0.2) is 0 Å². The van der Waals surface area contributed by atoms with Crippen LogP contribution in [0.4, 0.5) is 0 Å². The summed E-state index contributed by atoms with van der Waals surface area (Å²) in [7, 11) is 0. The number of pyridine rings is 1. The average Bonchev–Trinajstić information content (AvgIpc) is 3.19. The number of nitrogens with zero attached hydrogens (tertiary/aromatic N) is 2. The number of aliphatic hydroxyl groups excluding tert-OH is 3. The second kappa shape index (κ2) is 11.9. The minimum Gasteiger partial charge on any atom is -0.483 e. The zero-order valence-corrected chi connectivity index (χ0v) is 19.1. The summed E-state index contributed by atoms with van der Waals surface area (Å²) in [6.45, 7) is 2.65. The highest BCUT2D eigenvalue weighted by Crippen LogP contribution is 2.34. The summed E-state index contributed by atoms with van der Waals surface area (Å²) in [5.74, 6) is -0.424. The van der Waals surface area contributed by atoms with Crippen molar-refractivity contribution in [1.29, 1.82) is 0 Å². The van der Waals surface area contributed by atoms with Crippen LogP contribution >= 0.6 is 11.6 Å². The first kappa shape index (κ1) is 26.5. The Labute approximate surface area is 195 Å². The normalized spacial score (nSPS) is 12.2. The molecule has 11 heteroatoms. The molecule has 0 radical (unpaired) electrons. The van der Waals surface area contributed by atoms with Gasteiger partial charge in [0.2, 0.25) is 0 Å². The number of rotatable bonds is 9. The van der Waals surface area contributed by atoms with Crippen LogP contribution in [0.3, 0.4) is 0 Å². The van der Waals surface area contributed by atoms with Crippen LogP contribution in [0.1, 0.15) is 36.4 Å². The number of carbonyl (C=O) groups is 1. The summed E-state index contributed by atoms with van der Waals surface area (Å²) < 4.78 is 11.2. The molecular formula is C22H28ClN3O7. The molecule has 3 rings (SSSR count). The molecule has 0 bridgehead atoms. The molecule has 180 valence electrons. The Morgan fingerprint density at radius 3 is 2.42 bits per heavy atom. The van der Waals surface area contributed by atoms with Crippen LogP contribution in [-0.2, 0) is 11.2 Å². The summed E-state index contributed by atoms with van der Waals surface area (Å²) >= 11 is 6.32. The van der Waals surface area contributed by atoms with Crippen molar-refractivity contribution in [3.63, 3.8) is 0 Å². The van der Waals surface area contributed by atoms with Gasteiger partial charge < -0.3 is 35.4 Å². The summed E-state index contributed by atoms with van der Waals surface area (Å²) in [5, 5.41) is 38.9. The summed E-state index contributed by atoms with van der Waals surface area (Å²) in [5.41, 5.74) is 6.88. The smallest absolute Gasteiger partial charge is 0.303 e. The predicted octanol–water partition coefficient (Wildman–Crippen LogP) is 2.00. The highest BCUT2D eigenvalue weighted by molar-refractivity contribution is 6.32. The van der Waals surface area contributed by atoms with Gasteiger partial charge in [0.15, 0.2) is 5.58 Å². The van der Waals surface area contributed by atoms with E-state index in [1.54, 1.807) is 18.3 Å². The summed E-state index contributed by atoms with van der Waals surface area (Å²) in [6, 6.07) is 7.23. The Hall–Kier alpha value is -2.76.